The summed E-state index contributed by atoms with van der Waals surface area (Å²) in [6, 6.07) is 3.70. The molecule has 9 nitrogen and oxygen atoms in total. The Morgan fingerprint density at radius 2 is 2.08 bits per heavy atom. The lowest BCUT2D eigenvalue weighted by atomic mass is 9.85. The van der Waals surface area contributed by atoms with Crippen molar-refractivity contribution in [3.63, 3.8) is 0 Å². The van der Waals surface area contributed by atoms with E-state index in [1.54, 1.807) is 32.4 Å². The number of carbonyl (C=O) groups is 3. The van der Waals surface area contributed by atoms with Gasteiger partial charge in [-0.15, -0.1) is 11.3 Å². The number of aromatic nitrogens is 1. The van der Waals surface area contributed by atoms with Crippen molar-refractivity contribution in [2.45, 2.75) is 77.4 Å². The highest BCUT2D eigenvalue weighted by atomic mass is 32.1. The van der Waals surface area contributed by atoms with Crippen LogP contribution >= 0.6 is 11.3 Å². The number of alkyl halides is 1. The first-order valence-corrected chi connectivity index (χ1v) is 14.2. The molecular formula is C29H37FN4O5S. The van der Waals surface area contributed by atoms with Crippen LogP contribution in [0.15, 0.2) is 36.4 Å². The molecule has 0 spiro atoms. The van der Waals surface area contributed by atoms with Gasteiger partial charge in [-0.2, -0.15) is 0 Å². The standard InChI is InChI=1S/C29H37FN4O5S/c1-6-11-39-22-12-18(23-17(2)32-16-40-23)7-8-19(22)14-31-25(36)21-13-20(35)15-34(21)26(37)24(28(3,4)5)33-27(38)29(30)9-10-29/h6-8,12,16,20-21,24,35H,1,9-11,13-15H2,2-5H3,(H,31,36)(H,33,38)/t20-,21+,24-/m1/s1. The van der Waals surface area contributed by atoms with E-state index in [4.69, 9.17) is 4.74 Å². The number of amides is 3. The Kier molecular flexibility index (Phi) is 8.65. The number of nitrogens with one attached hydrogen (secondary N) is 2. The lowest BCUT2D eigenvalue weighted by Gasteiger charge is -2.35. The Labute approximate surface area is 237 Å². The number of thiazole rings is 1. The van der Waals surface area contributed by atoms with E-state index >= 15 is 0 Å². The Morgan fingerprint density at radius 1 is 1.35 bits per heavy atom. The molecule has 40 heavy (non-hydrogen) atoms. The molecular weight excluding hydrogens is 535 g/mol. The predicted molar refractivity (Wildman–Crippen MR) is 150 cm³/mol. The number of aryl methyl sites for hydroxylation is 1. The third-order valence-electron chi connectivity index (χ3n) is 7.23. The molecule has 11 heteroatoms. The summed E-state index contributed by atoms with van der Waals surface area (Å²) in [7, 11) is 0. The van der Waals surface area contributed by atoms with Gasteiger partial charge in [-0.05, 0) is 36.8 Å². The normalized spacial score (nSPS) is 20.5. The van der Waals surface area contributed by atoms with E-state index in [0.717, 1.165) is 21.7 Å². The van der Waals surface area contributed by atoms with Crippen LogP contribution in [-0.4, -0.2) is 69.7 Å². The highest BCUT2D eigenvalue weighted by Crippen LogP contribution is 2.40. The van der Waals surface area contributed by atoms with E-state index in [9.17, 15) is 23.9 Å². The maximum Gasteiger partial charge on any atom is 0.258 e. The average Bonchev–Trinajstić information content (AvgIpc) is 3.31. The number of rotatable bonds is 10. The Morgan fingerprint density at radius 3 is 2.67 bits per heavy atom. The van der Waals surface area contributed by atoms with Gasteiger partial charge in [0.1, 0.15) is 24.4 Å². The molecule has 1 aromatic heterocycles. The Hall–Kier alpha value is -3.31. The molecule has 0 unspecified atom stereocenters. The second-order valence-electron chi connectivity index (χ2n) is 11.5. The van der Waals surface area contributed by atoms with Crippen molar-refractivity contribution in [1.29, 1.82) is 0 Å². The van der Waals surface area contributed by atoms with E-state index in [-0.39, 0.29) is 39.0 Å². The molecule has 4 rings (SSSR count). The minimum absolute atomic E-state index is 0.0544. The molecule has 2 aliphatic rings. The van der Waals surface area contributed by atoms with Gasteiger partial charge in [0.2, 0.25) is 11.8 Å². The smallest absolute Gasteiger partial charge is 0.258 e. The number of ether oxygens (including phenoxy) is 1. The monoisotopic (exact) mass is 572 g/mol. The summed E-state index contributed by atoms with van der Waals surface area (Å²) in [6.45, 7) is 11.3. The number of aliphatic hydroxyl groups excluding tert-OH is 1. The van der Waals surface area contributed by atoms with Crippen LogP contribution in [0.1, 0.15) is 51.3 Å². The first-order chi connectivity index (χ1) is 18.8. The van der Waals surface area contributed by atoms with Gasteiger partial charge in [-0.25, -0.2) is 9.37 Å². The van der Waals surface area contributed by atoms with Crippen LogP contribution in [0.3, 0.4) is 0 Å². The van der Waals surface area contributed by atoms with Gasteiger partial charge < -0.3 is 25.4 Å². The van der Waals surface area contributed by atoms with Gasteiger partial charge in [-0.3, -0.25) is 14.4 Å². The van der Waals surface area contributed by atoms with Crippen LogP contribution in [0.25, 0.3) is 10.4 Å². The highest BCUT2D eigenvalue weighted by molar-refractivity contribution is 7.13. The van der Waals surface area contributed by atoms with Gasteiger partial charge in [0, 0.05) is 25.1 Å². The second-order valence-corrected chi connectivity index (χ2v) is 12.4. The Balaban J connectivity index is 1.49. The van der Waals surface area contributed by atoms with Crippen LogP contribution in [0.5, 0.6) is 5.75 Å². The fourth-order valence-electron chi connectivity index (χ4n) is 4.72. The van der Waals surface area contributed by atoms with Gasteiger partial charge in [0.25, 0.3) is 5.91 Å². The van der Waals surface area contributed by atoms with E-state index in [1.165, 1.54) is 16.2 Å². The van der Waals surface area contributed by atoms with Crippen LogP contribution in [-0.2, 0) is 20.9 Å². The van der Waals surface area contributed by atoms with Crippen molar-refractivity contribution in [2.75, 3.05) is 13.2 Å². The number of hydrogen-bond acceptors (Lipinski definition) is 7. The van der Waals surface area contributed by atoms with Crippen molar-refractivity contribution < 1.29 is 28.6 Å². The summed E-state index contributed by atoms with van der Waals surface area (Å²) in [5, 5.41) is 15.8. The largest absolute Gasteiger partial charge is 0.489 e. The number of nitrogens with zero attached hydrogens (tertiary/aromatic N) is 2. The molecule has 2 aromatic rings. The summed E-state index contributed by atoms with van der Waals surface area (Å²) >= 11 is 1.53. The molecule has 2 fully saturated rings. The van der Waals surface area contributed by atoms with Crippen molar-refractivity contribution in [1.82, 2.24) is 20.5 Å². The topological polar surface area (TPSA) is 121 Å². The number of halogens is 1. The first-order valence-electron chi connectivity index (χ1n) is 13.4. The molecule has 1 aliphatic heterocycles. The van der Waals surface area contributed by atoms with Crippen molar-refractivity contribution >= 4 is 29.1 Å². The maximum absolute atomic E-state index is 14.4. The third kappa shape index (κ3) is 6.52. The summed E-state index contributed by atoms with van der Waals surface area (Å²) in [5.41, 5.74) is 1.68. The Bertz CT molecular complexity index is 1290. The van der Waals surface area contributed by atoms with Crippen molar-refractivity contribution in [3.8, 4) is 16.2 Å². The quantitative estimate of drug-likeness (QED) is 0.376. The fraction of sp³-hybridized carbons (Fsp3) is 0.517. The minimum atomic E-state index is -1.94. The molecule has 0 bridgehead atoms. The molecule has 3 amide bonds. The molecule has 1 aliphatic carbocycles. The highest BCUT2D eigenvalue weighted by Gasteiger charge is 2.53. The van der Waals surface area contributed by atoms with Crippen molar-refractivity contribution in [2.24, 2.45) is 5.41 Å². The number of likely N-dealkylation sites (tertiary alicyclic amines) is 1. The molecule has 3 atom stereocenters. The molecule has 1 saturated carbocycles. The number of aliphatic hydroxyl groups is 1. The zero-order valence-electron chi connectivity index (χ0n) is 23.3. The summed E-state index contributed by atoms with van der Waals surface area (Å²) < 4.78 is 20.3. The van der Waals surface area contributed by atoms with Crippen LogP contribution < -0.4 is 15.4 Å². The molecule has 3 N–H and O–H groups in total. The van der Waals surface area contributed by atoms with Gasteiger partial charge in [0.05, 0.1) is 22.2 Å². The second kappa shape index (κ2) is 11.7. The lowest BCUT2D eigenvalue weighted by Crippen LogP contribution is -2.59. The maximum atomic E-state index is 14.4. The number of hydrogen-bond donors (Lipinski definition) is 3. The predicted octanol–water partition coefficient (Wildman–Crippen LogP) is 3.29. The SMILES string of the molecule is C=CCOc1cc(-c2scnc2C)ccc1CNC(=O)[C@@H]1C[C@@H](O)CN1C(=O)[C@@H](NC(=O)C1(F)CC1)C(C)(C)C. The van der Waals surface area contributed by atoms with Crippen LogP contribution in [0, 0.1) is 12.3 Å². The summed E-state index contributed by atoms with van der Waals surface area (Å²) in [6.07, 6.45) is 1.04. The molecule has 0 radical (unpaired) electrons. The van der Waals surface area contributed by atoms with Gasteiger partial charge in [0.15, 0.2) is 5.67 Å². The molecule has 2 heterocycles. The zero-order chi connectivity index (χ0) is 29.2. The average molecular weight is 573 g/mol. The van der Waals surface area contributed by atoms with E-state index in [1.807, 2.05) is 25.1 Å². The first kappa shape index (κ1) is 29.7. The third-order valence-corrected chi connectivity index (χ3v) is 8.21. The molecule has 216 valence electrons. The van der Waals surface area contributed by atoms with Gasteiger partial charge in [-0.1, -0.05) is 45.6 Å². The lowest BCUT2D eigenvalue weighted by molar-refractivity contribution is -0.145. The molecule has 1 saturated heterocycles. The summed E-state index contributed by atoms with van der Waals surface area (Å²) in [4.78, 5) is 46.0. The van der Waals surface area contributed by atoms with Gasteiger partial charge >= 0.3 is 0 Å². The number of carbonyl (C=O) groups excluding carboxylic acids is 3. The van der Waals surface area contributed by atoms with Crippen molar-refractivity contribution in [3.05, 3.63) is 47.6 Å². The molecule has 1 aromatic carbocycles. The number of benzene rings is 1. The number of β-amino-alcohol motifs (C(OH)–C–C–N with tert-alkyl or cyclic N) is 1. The zero-order valence-corrected chi connectivity index (χ0v) is 24.1. The fourth-order valence-corrected chi connectivity index (χ4v) is 5.52. The van der Waals surface area contributed by atoms with E-state index < -0.39 is 47.0 Å². The van der Waals surface area contributed by atoms with E-state index in [0.29, 0.717) is 5.75 Å². The van der Waals surface area contributed by atoms with E-state index in [2.05, 4.69) is 22.2 Å². The summed E-state index contributed by atoms with van der Waals surface area (Å²) in [5.74, 6) is -1.20. The van der Waals surface area contributed by atoms with Crippen LogP contribution in [0.4, 0.5) is 4.39 Å². The van der Waals surface area contributed by atoms with Crippen LogP contribution in [0.2, 0.25) is 0 Å². The minimum Gasteiger partial charge on any atom is -0.489 e.